The number of halogens is 2. The molecule has 0 unspecified atom stereocenters. The average molecular weight is 310 g/mol. The number of alkyl halides is 1. The van der Waals surface area contributed by atoms with Crippen LogP contribution in [0.3, 0.4) is 0 Å². The van der Waals surface area contributed by atoms with Gasteiger partial charge in [0.15, 0.2) is 7.71 Å². The summed E-state index contributed by atoms with van der Waals surface area (Å²) in [6, 6.07) is 10.4. The van der Waals surface area contributed by atoms with Gasteiger partial charge in [0, 0.05) is 31.2 Å². The van der Waals surface area contributed by atoms with Crippen molar-refractivity contribution < 1.29 is 0 Å². The van der Waals surface area contributed by atoms with E-state index in [2.05, 4.69) is 55.9 Å². The molecule has 100 valence electrons. The van der Waals surface area contributed by atoms with E-state index < -0.39 is 7.71 Å². The van der Waals surface area contributed by atoms with E-state index in [1.54, 1.807) is 0 Å². The number of nitrogens with zero attached hydrogens (tertiary/aromatic N) is 1. The van der Waals surface area contributed by atoms with Crippen molar-refractivity contribution in [1.29, 1.82) is 0 Å². The smallest absolute Gasteiger partial charge is 0.155 e. The molecule has 0 N–H and O–H groups in total. The average Bonchev–Trinajstić information content (AvgIpc) is 2.41. The lowest BCUT2D eigenvalue weighted by molar-refractivity contribution is 1.11. The second-order valence-electron chi connectivity index (χ2n) is 4.76. The number of hydrogen-bond acceptors (Lipinski definition) is 1. The molecule has 0 saturated carbocycles. The van der Waals surface area contributed by atoms with Crippen LogP contribution in [0.15, 0.2) is 36.0 Å². The van der Waals surface area contributed by atoms with Crippen molar-refractivity contribution in [2.75, 3.05) is 19.0 Å². The van der Waals surface area contributed by atoms with Crippen LogP contribution < -0.4 is 4.90 Å². The monoisotopic (exact) mass is 309 g/mol. The molecule has 0 amide bonds. The molecular formula is C15H17Cl2NSi. The van der Waals surface area contributed by atoms with E-state index in [-0.39, 0.29) is 0 Å². The van der Waals surface area contributed by atoms with Crippen molar-refractivity contribution in [3.63, 3.8) is 0 Å². The number of rotatable bonds is 3. The summed E-state index contributed by atoms with van der Waals surface area (Å²) < 4.78 is 0. The minimum Gasteiger partial charge on any atom is -0.377 e. The van der Waals surface area contributed by atoms with Crippen LogP contribution in [0.2, 0.25) is 0 Å². The van der Waals surface area contributed by atoms with Gasteiger partial charge in [-0.05, 0) is 23.2 Å². The molecule has 1 heterocycles. The fourth-order valence-electron chi connectivity index (χ4n) is 2.36. The molecule has 2 aromatic rings. The second kappa shape index (κ2) is 6.08. The Morgan fingerprint density at radius 3 is 2.32 bits per heavy atom. The van der Waals surface area contributed by atoms with Crippen LogP contribution in [-0.2, 0) is 5.88 Å². The minimum atomic E-state index is -1.13. The Morgan fingerprint density at radius 2 is 1.79 bits per heavy atom. The highest BCUT2D eigenvalue weighted by Gasteiger charge is 2.17. The van der Waals surface area contributed by atoms with Gasteiger partial charge in [-0.25, -0.2) is 0 Å². The van der Waals surface area contributed by atoms with Gasteiger partial charge in [0.1, 0.15) is 0 Å². The van der Waals surface area contributed by atoms with Gasteiger partial charge >= 0.3 is 0 Å². The van der Waals surface area contributed by atoms with Gasteiger partial charge < -0.3 is 4.90 Å². The normalized spacial score (nSPS) is 10.6. The van der Waals surface area contributed by atoms with E-state index >= 15 is 0 Å². The van der Waals surface area contributed by atoms with Crippen LogP contribution in [0.5, 0.6) is 0 Å². The Morgan fingerprint density at radius 1 is 1.16 bits per heavy atom. The highest BCUT2D eigenvalue weighted by molar-refractivity contribution is 7.03. The van der Waals surface area contributed by atoms with E-state index in [0.29, 0.717) is 5.88 Å². The van der Waals surface area contributed by atoms with E-state index in [1.807, 2.05) is 6.07 Å². The molecule has 19 heavy (non-hydrogen) atoms. The van der Waals surface area contributed by atoms with Crippen molar-refractivity contribution in [3.05, 3.63) is 46.7 Å². The van der Waals surface area contributed by atoms with E-state index in [0.717, 1.165) is 5.56 Å². The largest absolute Gasteiger partial charge is 0.377 e. The maximum atomic E-state index is 6.53. The van der Waals surface area contributed by atoms with Gasteiger partial charge in [-0.2, -0.15) is 0 Å². The fourth-order valence-corrected chi connectivity index (χ4v) is 4.63. The lowest BCUT2D eigenvalue weighted by Gasteiger charge is -2.24. The highest BCUT2D eigenvalue weighted by Crippen LogP contribution is 2.36. The maximum absolute atomic E-state index is 6.53. The Labute approximate surface area is 126 Å². The molecule has 1 aromatic carbocycles. The summed E-state index contributed by atoms with van der Waals surface area (Å²) in [5.74, 6) is 0.498. The molecule has 0 bridgehead atoms. The fraction of sp³-hybridized carbons (Fsp3) is 0.267. The molecule has 0 aliphatic carbocycles. The molecule has 1 nitrogen and oxygen atoms in total. The number of hydrogen-bond donors (Lipinski definition) is 0. The van der Waals surface area contributed by atoms with Gasteiger partial charge in [-0.15, -0.1) is 22.7 Å². The summed E-state index contributed by atoms with van der Waals surface area (Å²) in [5, 5.41) is 1.27. The standard InChI is InChI=1S/C15H17Cl2NSi/c1-11-14(12-7-5-4-6-8-12)15(18(2)3)13(9-16)10-19(11)17/h4-8,10H,9H2,1-3H3. The molecule has 0 fully saturated rings. The van der Waals surface area contributed by atoms with Crippen LogP contribution in [-0.4, -0.2) is 21.8 Å². The Balaban J connectivity index is 2.80. The third kappa shape index (κ3) is 2.86. The zero-order chi connectivity index (χ0) is 14.0. The van der Waals surface area contributed by atoms with E-state index in [9.17, 15) is 0 Å². The van der Waals surface area contributed by atoms with Crippen molar-refractivity contribution in [2.45, 2.75) is 12.8 Å². The summed E-state index contributed by atoms with van der Waals surface area (Å²) in [4.78, 5) is 2.13. The van der Waals surface area contributed by atoms with Crippen molar-refractivity contribution in [3.8, 4) is 11.1 Å². The van der Waals surface area contributed by atoms with Crippen LogP contribution in [0.25, 0.3) is 11.1 Å². The zero-order valence-corrected chi connectivity index (χ0v) is 13.9. The summed E-state index contributed by atoms with van der Waals surface area (Å²) in [7, 11) is 2.97. The lowest BCUT2D eigenvalue weighted by Crippen LogP contribution is -2.15. The van der Waals surface area contributed by atoms with Crippen molar-refractivity contribution >= 4 is 36.1 Å². The molecule has 0 aliphatic rings. The predicted molar refractivity (Wildman–Crippen MR) is 87.7 cm³/mol. The van der Waals surface area contributed by atoms with Gasteiger partial charge in [0.05, 0.1) is 0 Å². The number of benzene rings is 1. The van der Waals surface area contributed by atoms with Crippen molar-refractivity contribution in [1.82, 2.24) is 0 Å². The molecule has 4 heteroatoms. The summed E-state index contributed by atoms with van der Waals surface area (Å²) in [5.41, 5.74) is 6.93. The third-order valence-electron chi connectivity index (χ3n) is 3.23. The first-order valence-corrected chi connectivity index (χ1v) is 9.29. The Kier molecular flexibility index (Phi) is 4.66. The van der Waals surface area contributed by atoms with Crippen LogP contribution in [0.1, 0.15) is 10.7 Å². The van der Waals surface area contributed by atoms with Crippen molar-refractivity contribution in [2.24, 2.45) is 0 Å². The number of anilines is 1. The quantitative estimate of drug-likeness (QED) is 0.458. The Bertz CT molecular complexity index is 582. The van der Waals surface area contributed by atoms with Crippen LogP contribution in [0, 0.1) is 6.92 Å². The van der Waals surface area contributed by atoms with E-state index in [1.165, 1.54) is 22.0 Å². The predicted octanol–water partition coefficient (Wildman–Crippen LogP) is 4.49. The first-order chi connectivity index (χ1) is 9.06. The van der Waals surface area contributed by atoms with Crippen LogP contribution in [0.4, 0.5) is 5.69 Å². The summed E-state index contributed by atoms with van der Waals surface area (Å²) >= 11 is 12.6. The second-order valence-corrected chi connectivity index (χ2v) is 7.98. The van der Waals surface area contributed by atoms with Gasteiger partial charge in [0.2, 0.25) is 0 Å². The Hall–Kier alpha value is -0.833. The SMILES string of the molecule is Cc1c(-c2ccccc2)c(N(C)C)c(CCl)c[si]1Cl. The maximum Gasteiger partial charge on any atom is 0.155 e. The molecule has 0 atom stereocenters. The molecule has 2 rings (SSSR count). The molecular weight excluding hydrogens is 293 g/mol. The van der Waals surface area contributed by atoms with Gasteiger partial charge in [0.25, 0.3) is 0 Å². The molecule has 0 saturated heterocycles. The molecule has 0 spiro atoms. The zero-order valence-electron chi connectivity index (χ0n) is 11.4. The summed E-state index contributed by atoms with van der Waals surface area (Å²) in [6.45, 7) is 2.13. The topological polar surface area (TPSA) is 3.24 Å². The third-order valence-corrected chi connectivity index (χ3v) is 6.26. The van der Waals surface area contributed by atoms with Crippen LogP contribution >= 0.6 is 22.7 Å². The molecule has 0 radical (unpaired) electrons. The first-order valence-electron chi connectivity index (χ1n) is 6.17. The van der Waals surface area contributed by atoms with Gasteiger partial charge in [-0.1, -0.05) is 36.0 Å². The highest BCUT2D eigenvalue weighted by atomic mass is 35.6. The summed E-state index contributed by atoms with van der Waals surface area (Å²) in [6.07, 6.45) is 0. The van der Waals surface area contributed by atoms with E-state index in [4.69, 9.17) is 22.7 Å². The minimum absolute atomic E-state index is 0.498. The first kappa shape index (κ1) is 14.6. The van der Waals surface area contributed by atoms with Gasteiger partial charge in [-0.3, -0.25) is 0 Å². The molecule has 0 aliphatic heterocycles. The lowest BCUT2D eigenvalue weighted by atomic mass is 10.0. The molecule has 1 aromatic heterocycles.